The number of hydrogen-bond acceptors (Lipinski definition) is 5. The van der Waals surface area contributed by atoms with Crippen LogP contribution in [0.25, 0.3) is 0 Å². The summed E-state index contributed by atoms with van der Waals surface area (Å²) in [5, 5.41) is 14.0. The van der Waals surface area contributed by atoms with E-state index in [1.807, 2.05) is 6.07 Å². The minimum Gasteiger partial charge on any atom is -0.437 e. The van der Waals surface area contributed by atoms with Gasteiger partial charge in [-0.2, -0.15) is 5.26 Å². The minimum atomic E-state index is -1.02. The molecule has 6 nitrogen and oxygen atoms in total. The van der Waals surface area contributed by atoms with Gasteiger partial charge in [0.15, 0.2) is 10.9 Å². The Balaban J connectivity index is 1.78. The van der Waals surface area contributed by atoms with Crippen LogP contribution in [0.4, 0.5) is 14.5 Å². The maximum atomic E-state index is 13.8. The monoisotopic (exact) mass is 472 g/mol. The number of anilines is 1. The molecular formula is C22H15ClF2N4O2S. The van der Waals surface area contributed by atoms with Crippen LogP contribution in [0.2, 0.25) is 5.02 Å². The van der Waals surface area contributed by atoms with Crippen LogP contribution in [0.3, 0.4) is 0 Å². The second-order valence-corrected chi connectivity index (χ2v) is 7.40. The third-order valence-corrected chi connectivity index (χ3v) is 5.05. The Hall–Kier alpha value is -3.61. The second kappa shape index (κ2) is 9.68. The average molecular weight is 473 g/mol. The summed E-state index contributed by atoms with van der Waals surface area (Å²) in [4.78, 5) is 16.3. The topological polar surface area (TPSA) is 87.0 Å². The van der Waals surface area contributed by atoms with E-state index in [0.29, 0.717) is 28.1 Å². The maximum Gasteiger partial charge on any atom is 0.263 e. The van der Waals surface area contributed by atoms with E-state index in [0.717, 1.165) is 18.2 Å². The molecule has 0 aliphatic rings. The number of halogens is 3. The molecule has 0 unspecified atom stereocenters. The van der Waals surface area contributed by atoms with Gasteiger partial charge in [-0.05, 0) is 61.5 Å². The van der Waals surface area contributed by atoms with E-state index < -0.39 is 23.1 Å². The summed E-state index contributed by atoms with van der Waals surface area (Å²) in [6.45, 7) is 3.44. The van der Waals surface area contributed by atoms with Crippen LogP contribution in [0.1, 0.15) is 27.0 Å². The summed E-state index contributed by atoms with van der Waals surface area (Å²) in [6.07, 6.45) is 1.38. The summed E-state index contributed by atoms with van der Waals surface area (Å²) in [6, 6.07) is 9.87. The van der Waals surface area contributed by atoms with Crippen molar-refractivity contribution in [2.24, 2.45) is 0 Å². The number of rotatable bonds is 4. The lowest BCUT2D eigenvalue weighted by molar-refractivity contribution is 0.0969. The molecule has 2 aromatic carbocycles. The largest absolute Gasteiger partial charge is 0.437 e. The molecule has 0 saturated heterocycles. The summed E-state index contributed by atoms with van der Waals surface area (Å²) < 4.78 is 33.4. The standard InChI is InChI=1S/C22H15ClF2N4O2S/c1-11-8-16(28-22(32)29-21(30)18-14(24)4-3-5-15(18)25)12(2)19(23)20(11)31-17-7-6-13(9-26)10-27-17/h3-8,10H,1-2H3,(H2,28,29,30,32). The van der Waals surface area contributed by atoms with Crippen LogP contribution >= 0.6 is 23.8 Å². The molecule has 0 atom stereocenters. The number of nitrogens with zero attached hydrogens (tertiary/aromatic N) is 2. The number of carbonyl (C=O) groups excluding carboxylic acids is 1. The first kappa shape index (κ1) is 23.1. The first-order chi connectivity index (χ1) is 15.2. The lowest BCUT2D eigenvalue weighted by atomic mass is 10.1. The number of amides is 1. The molecule has 1 amide bonds. The van der Waals surface area contributed by atoms with Crippen molar-refractivity contribution in [2.75, 3.05) is 5.32 Å². The molecule has 0 bridgehead atoms. The molecule has 162 valence electrons. The van der Waals surface area contributed by atoms with Crippen molar-refractivity contribution in [3.05, 3.63) is 81.5 Å². The van der Waals surface area contributed by atoms with Crippen LogP contribution in [0, 0.1) is 36.8 Å². The van der Waals surface area contributed by atoms with Crippen LogP contribution < -0.4 is 15.4 Å². The van der Waals surface area contributed by atoms with Crippen molar-refractivity contribution in [2.45, 2.75) is 13.8 Å². The third-order valence-electron chi connectivity index (χ3n) is 4.39. The first-order valence-corrected chi connectivity index (χ1v) is 9.90. The Morgan fingerprint density at radius 3 is 2.50 bits per heavy atom. The lowest BCUT2D eigenvalue weighted by Gasteiger charge is -2.17. The number of hydrogen-bond donors (Lipinski definition) is 2. The molecule has 1 heterocycles. The number of ether oxygens (including phenoxy) is 1. The van der Waals surface area contributed by atoms with E-state index in [1.165, 1.54) is 6.20 Å². The minimum absolute atomic E-state index is 0.168. The number of aryl methyl sites for hydroxylation is 1. The molecule has 2 N–H and O–H groups in total. The molecule has 0 aliphatic heterocycles. The Kier molecular flexibility index (Phi) is 6.98. The Morgan fingerprint density at radius 2 is 1.91 bits per heavy atom. The van der Waals surface area contributed by atoms with Crippen molar-refractivity contribution in [1.29, 1.82) is 5.26 Å². The molecule has 10 heteroatoms. The van der Waals surface area contributed by atoms with Gasteiger partial charge in [-0.15, -0.1) is 0 Å². The molecule has 3 aromatic rings. The normalized spacial score (nSPS) is 10.2. The quantitative estimate of drug-likeness (QED) is 0.493. The van der Waals surface area contributed by atoms with Crippen molar-refractivity contribution < 1.29 is 18.3 Å². The van der Waals surface area contributed by atoms with Gasteiger partial charge in [0.2, 0.25) is 5.88 Å². The zero-order chi connectivity index (χ0) is 23.4. The summed E-state index contributed by atoms with van der Waals surface area (Å²) in [7, 11) is 0. The van der Waals surface area contributed by atoms with E-state index in [4.69, 9.17) is 33.8 Å². The Labute approximate surface area is 192 Å². The fourth-order valence-electron chi connectivity index (χ4n) is 2.75. The fraction of sp³-hybridized carbons (Fsp3) is 0.0909. The van der Waals surface area contributed by atoms with Gasteiger partial charge in [0, 0.05) is 18.0 Å². The van der Waals surface area contributed by atoms with E-state index in [1.54, 1.807) is 32.0 Å². The van der Waals surface area contributed by atoms with Crippen LogP contribution in [-0.4, -0.2) is 16.0 Å². The average Bonchev–Trinajstić information content (AvgIpc) is 2.75. The zero-order valence-corrected chi connectivity index (χ0v) is 18.4. The summed E-state index contributed by atoms with van der Waals surface area (Å²) in [5.41, 5.74) is 1.30. The number of pyridine rings is 1. The number of nitrogens with one attached hydrogen (secondary N) is 2. The molecule has 1 aromatic heterocycles. The van der Waals surface area contributed by atoms with Gasteiger partial charge in [0.05, 0.1) is 10.6 Å². The molecule has 0 radical (unpaired) electrons. The molecular weight excluding hydrogens is 458 g/mol. The Morgan fingerprint density at radius 1 is 1.22 bits per heavy atom. The van der Waals surface area contributed by atoms with Crippen molar-refractivity contribution in [3.63, 3.8) is 0 Å². The fourth-order valence-corrected chi connectivity index (χ4v) is 3.24. The van der Waals surface area contributed by atoms with Crippen molar-refractivity contribution >= 4 is 40.5 Å². The number of aromatic nitrogens is 1. The van der Waals surface area contributed by atoms with Gasteiger partial charge in [0.25, 0.3) is 5.91 Å². The molecule has 0 fully saturated rings. The van der Waals surface area contributed by atoms with Gasteiger partial charge in [-0.25, -0.2) is 13.8 Å². The Bertz CT molecular complexity index is 1240. The molecule has 3 rings (SSSR count). The summed E-state index contributed by atoms with van der Waals surface area (Å²) in [5.74, 6) is -2.42. The van der Waals surface area contributed by atoms with E-state index in [2.05, 4.69) is 15.6 Å². The van der Waals surface area contributed by atoms with Crippen LogP contribution in [0.5, 0.6) is 11.6 Å². The van der Waals surface area contributed by atoms with Gasteiger partial charge >= 0.3 is 0 Å². The molecule has 0 saturated carbocycles. The highest BCUT2D eigenvalue weighted by Crippen LogP contribution is 2.38. The highest BCUT2D eigenvalue weighted by atomic mass is 35.5. The second-order valence-electron chi connectivity index (χ2n) is 6.61. The number of nitriles is 1. The number of thiocarbonyl (C=S) groups is 1. The molecule has 0 aliphatic carbocycles. The number of carbonyl (C=O) groups is 1. The van der Waals surface area contributed by atoms with Gasteiger partial charge in [0.1, 0.15) is 23.3 Å². The van der Waals surface area contributed by atoms with Crippen molar-refractivity contribution in [3.8, 4) is 17.7 Å². The van der Waals surface area contributed by atoms with Crippen LogP contribution in [0.15, 0.2) is 42.6 Å². The van der Waals surface area contributed by atoms with E-state index in [-0.39, 0.29) is 16.0 Å². The highest BCUT2D eigenvalue weighted by molar-refractivity contribution is 7.80. The van der Waals surface area contributed by atoms with E-state index >= 15 is 0 Å². The third kappa shape index (κ3) is 4.99. The SMILES string of the molecule is Cc1cc(NC(=S)NC(=O)c2c(F)cccc2F)c(C)c(Cl)c1Oc1ccc(C#N)cn1. The van der Waals surface area contributed by atoms with Gasteiger partial charge in [-0.1, -0.05) is 17.7 Å². The van der Waals surface area contributed by atoms with E-state index in [9.17, 15) is 13.6 Å². The van der Waals surface area contributed by atoms with Gasteiger partial charge < -0.3 is 10.1 Å². The summed E-state index contributed by atoms with van der Waals surface area (Å²) >= 11 is 11.6. The van der Waals surface area contributed by atoms with Gasteiger partial charge in [-0.3, -0.25) is 10.1 Å². The highest BCUT2D eigenvalue weighted by Gasteiger charge is 2.19. The van der Waals surface area contributed by atoms with Crippen LogP contribution in [-0.2, 0) is 0 Å². The first-order valence-electron chi connectivity index (χ1n) is 9.11. The number of benzene rings is 2. The maximum absolute atomic E-state index is 13.8. The lowest BCUT2D eigenvalue weighted by Crippen LogP contribution is -2.35. The zero-order valence-electron chi connectivity index (χ0n) is 16.8. The van der Waals surface area contributed by atoms with Crippen molar-refractivity contribution in [1.82, 2.24) is 10.3 Å². The molecule has 0 spiro atoms. The predicted octanol–water partition coefficient (Wildman–Crippen LogP) is 5.42. The predicted molar refractivity (Wildman–Crippen MR) is 120 cm³/mol. The smallest absolute Gasteiger partial charge is 0.263 e. The molecule has 32 heavy (non-hydrogen) atoms.